The Morgan fingerprint density at radius 3 is 2.74 bits per heavy atom. The molecule has 7 heteroatoms. The fourth-order valence-electron chi connectivity index (χ4n) is 6.70. The molecule has 1 fully saturated rings. The highest BCUT2D eigenvalue weighted by atomic mass is 19.1. The van der Waals surface area contributed by atoms with Crippen molar-refractivity contribution >= 4 is 11.6 Å². The van der Waals surface area contributed by atoms with E-state index < -0.39 is 0 Å². The zero-order chi connectivity index (χ0) is 27.1. The molecule has 0 bridgehead atoms. The molecule has 3 atom stereocenters. The van der Waals surface area contributed by atoms with E-state index in [0.29, 0.717) is 37.5 Å². The van der Waals surface area contributed by atoms with E-state index in [1.807, 2.05) is 23.4 Å². The predicted molar refractivity (Wildman–Crippen MR) is 151 cm³/mol. The van der Waals surface area contributed by atoms with Crippen molar-refractivity contribution in [1.29, 1.82) is 0 Å². The number of carbonyl (C=O) groups is 1. The SMILES string of the molecule is C[C@@H]1CN(CC(=O)N2CC(C)(C)c3ncc(Cc4ccc(F)cc4)cc32)[C@@H](CC2Cc3cccnc3C2)CN1. The molecule has 1 aliphatic carbocycles. The molecular weight excluding hydrogens is 489 g/mol. The van der Waals surface area contributed by atoms with Crippen LogP contribution in [0.15, 0.2) is 54.9 Å². The molecule has 0 radical (unpaired) electrons. The van der Waals surface area contributed by atoms with Gasteiger partial charge in [-0.1, -0.05) is 32.0 Å². The molecule has 1 amide bonds. The highest BCUT2D eigenvalue weighted by Gasteiger charge is 2.41. The van der Waals surface area contributed by atoms with Gasteiger partial charge in [-0.25, -0.2) is 4.39 Å². The largest absolute Gasteiger partial charge is 0.311 e. The predicted octanol–water partition coefficient (Wildman–Crippen LogP) is 4.30. The topological polar surface area (TPSA) is 61.4 Å². The lowest BCUT2D eigenvalue weighted by Crippen LogP contribution is -2.58. The van der Waals surface area contributed by atoms with Crippen LogP contribution in [0, 0.1) is 11.7 Å². The minimum absolute atomic E-state index is 0.137. The van der Waals surface area contributed by atoms with Gasteiger partial charge in [-0.3, -0.25) is 19.7 Å². The highest BCUT2D eigenvalue weighted by molar-refractivity contribution is 5.97. The van der Waals surface area contributed by atoms with Crippen LogP contribution in [-0.4, -0.2) is 59.0 Å². The summed E-state index contributed by atoms with van der Waals surface area (Å²) in [6, 6.07) is 13.6. The van der Waals surface area contributed by atoms with Gasteiger partial charge in [0.25, 0.3) is 0 Å². The first-order valence-corrected chi connectivity index (χ1v) is 14.2. The number of nitrogens with one attached hydrogen (secondary N) is 1. The van der Waals surface area contributed by atoms with Gasteiger partial charge in [0.2, 0.25) is 5.91 Å². The first-order chi connectivity index (χ1) is 18.7. The summed E-state index contributed by atoms with van der Waals surface area (Å²) in [7, 11) is 0. The number of rotatable bonds is 6. The molecule has 3 aromatic rings. The number of aromatic nitrogens is 2. The Labute approximate surface area is 230 Å². The first kappa shape index (κ1) is 26.1. The third kappa shape index (κ3) is 5.48. The minimum atomic E-state index is -0.237. The van der Waals surface area contributed by atoms with Gasteiger partial charge in [-0.05, 0) is 79.5 Å². The molecule has 1 aromatic carbocycles. The number of pyridine rings is 2. The van der Waals surface area contributed by atoms with E-state index in [0.717, 1.165) is 54.9 Å². The molecule has 204 valence electrons. The molecule has 6 rings (SSSR count). The van der Waals surface area contributed by atoms with Crippen LogP contribution in [0.3, 0.4) is 0 Å². The van der Waals surface area contributed by atoms with Crippen molar-refractivity contribution in [2.45, 2.75) is 64.0 Å². The lowest BCUT2D eigenvalue weighted by atomic mass is 9.91. The maximum atomic E-state index is 13.9. The van der Waals surface area contributed by atoms with Crippen molar-refractivity contribution in [3.8, 4) is 0 Å². The fourth-order valence-corrected chi connectivity index (χ4v) is 6.70. The van der Waals surface area contributed by atoms with E-state index in [-0.39, 0.29) is 17.1 Å². The number of nitrogens with zero attached hydrogens (tertiary/aromatic N) is 4. The number of amides is 1. The first-order valence-electron chi connectivity index (χ1n) is 14.2. The number of fused-ring (bicyclic) bond motifs is 2. The number of carbonyl (C=O) groups excluding carboxylic acids is 1. The molecule has 1 unspecified atom stereocenters. The maximum absolute atomic E-state index is 13.9. The molecule has 0 saturated carbocycles. The smallest absolute Gasteiger partial charge is 0.241 e. The number of hydrogen-bond acceptors (Lipinski definition) is 5. The monoisotopic (exact) mass is 527 g/mol. The van der Waals surface area contributed by atoms with Gasteiger partial charge in [-0.15, -0.1) is 0 Å². The number of anilines is 1. The summed E-state index contributed by atoms with van der Waals surface area (Å²) in [6.07, 6.45) is 7.62. The average molecular weight is 528 g/mol. The van der Waals surface area contributed by atoms with Crippen molar-refractivity contribution in [1.82, 2.24) is 20.2 Å². The summed E-state index contributed by atoms with van der Waals surface area (Å²) >= 11 is 0. The van der Waals surface area contributed by atoms with Gasteiger partial charge in [-0.2, -0.15) is 0 Å². The Balaban J connectivity index is 1.18. The Bertz CT molecular complexity index is 1330. The van der Waals surface area contributed by atoms with E-state index in [9.17, 15) is 9.18 Å². The van der Waals surface area contributed by atoms with Gasteiger partial charge in [0, 0.05) is 55.2 Å². The van der Waals surface area contributed by atoms with Crippen LogP contribution in [0.1, 0.15) is 55.3 Å². The van der Waals surface area contributed by atoms with Crippen molar-refractivity contribution in [2.24, 2.45) is 5.92 Å². The average Bonchev–Trinajstić information content (AvgIpc) is 3.44. The van der Waals surface area contributed by atoms with Crippen molar-refractivity contribution in [3.05, 3.63) is 88.8 Å². The summed E-state index contributed by atoms with van der Waals surface area (Å²) in [5.74, 6) is 0.467. The van der Waals surface area contributed by atoms with Crippen LogP contribution in [0.2, 0.25) is 0 Å². The van der Waals surface area contributed by atoms with E-state index in [2.05, 4.69) is 48.1 Å². The van der Waals surface area contributed by atoms with Crippen molar-refractivity contribution in [3.63, 3.8) is 0 Å². The Kier molecular flexibility index (Phi) is 6.98. The van der Waals surface area contributed by atoms with Crippen LogP contribution in [0.25, 0.3) is 0 Å². The van der Waals surface area contributed by atoms with Crippen molar-refractivity contribution in [2.75, 3.05) is 31.1 Å². The van der Waals surface area contributed by atoms with E-state index in [4.69, 9.17) is 4.98 Å². The van der Waals surface area contributed by atoms with Gasteiger partial charge in [0.1, 0.15) is 5.82 Å². The van der Waals surface area contributed by atoms with Gasteiger partial charge < -0.3 is 10.2 Å². The fraction of sp³-hybridized carbons (Fsp3) is 0.469. The van der Waals surface area contributed by atoms with Crippen molar-refractivity contribution < 1.29 is 9.18 Å². The quantitative estimate of drug-likeness (QED) is 0.518. The second-order valence-corrected chi connectivity index (χ2v) is 12.4. The number of benzene rings is 1. The van der Waals surface area contributed by atoms with Crippen LogP contribution in [0.5, 0.6) is 0 Å². The highest BCUT2D eigenvalue weighted by Crippen LogP contribution is 2.40. The van der Waals surface area contributed by atoms with Crippen LogP contribution in [-0.2, 0) is 29.5 Å². The van der Waals surface area contributed by atoms with Gasteiger partial charge >= 0.3 is 0 Å². The van der Waals surface area contributed by atoms with E-state index >= 15 is 0 Å². The molecule has 2 aliphatic heterocycles. The van der Waals surface area contributed by atoms with Gasteiger partial charge in [0.05, 0.1) is 17.9 Å². The molecule has 1 saturated heterocycles. The normalized spacial score (nSPS) is 24.0. The zero-order valence-corrected chi connectivity index (χ0v) is 23.2. The molecule has 39 heavy (non-hydrogen) atoms. The minimum Gasteiger partial charge on any atom is -0.311 e. The lowest BCUT2D eigenvalue weighted by Gasteiger charge is -2.40. The van der Waals surface area contributed by atoms with Crippen LogP contribution >= 0.6 is 0 Å². The summed E-state index contributed by atoms with van der Waals surface area (Å²) < 4.78 is 13.4. The summed E-state index contributed by atoms with van der Waals surface area (Å²) in [5.41, 5.74) is 6.35. The summed E-state index contributed by atoms with van der Waals surface area (Å²) in [4.78, 5) is 27.7. The molecule has 1 N–H and O–H groups in total. The standard InChI is InChI=1S/C32H38FN5O/c1-21-18-37(27(17-35-21)13-23-12-25-5-4-10-34-28(25)14-23)19-30(39)38-20-32(2,3)31-29(38)15-24(16-36-31)11-22-6-8-26(33)9-7-22/h4-10,15-16,21,23,27,35H,11-14,17-20H2,1-3H3/t21-,23?,27+/m1/s1. The number of hydrogen-bond donors (Lipinski definition) is 1. The number of piperazine rings is 1. The lowest BCUT2D eigenvalue weighted by molar-refractivity contribution is -0.120. The third-order valence-corrected chi connectivity index (χ3v) is 8.68. The van der Waals surface area contributed by atoms with Gasteiger partial charge in [0.15, 0.2) is 0 Å². The number of halogens is 1. The molecule has 0 spiro atoms. The summed E-state index contributed by atoms with van der Waals surface area (Å²) in [5, 5.41) is 3.65. The van der Waals surface area contributed by atoms with Crippen LogP contribution in [0.4, 0.5) is 10.1 Å². The zero-order valence-electron chi connectivity index (χ0n) is 23.2. The Morgan fingerprint density at radius 2 is 1.95 bits per heavy atom. The second-order valence-electron chi connectivity index (χ2n) is 12.4. The maximum Gasteiger partial charge on any atom is 0.241 e. The second kappa shape index (κ2) is 10.4. The Hall–Kier alpha value is -3.16. The third-order valence-electron chi connectivity index (χ3n) is 8.68. The Morgan fingerprint density at radius 1 is 1.13 bits per heavy atom. The van der Waals surface area contributed by atoms with Crippen LogP contribution < -0.4 is 10.2 Å². The molecule has 6 nitrogen and oxygen atoms in total. The van der Waals surface area contributed by atoms with E-state index in [1.165, 1.54) is 23.4 Å². The molecule has 4 heterocycles. The molecule has 2 aromatic heterocycles. The molecule has 3 aliphatic rings. The summed E-state index contributed by atoms with van der Waals surface area (Å²) in [6.45, 7) is 9.32. The molecular formula is C32H38FN5O. The van der Waals surface area contributed by atoms with E-state index in [1.54, 1.807) is 12.1 Å².